The Labute approximate surface area is 77.1 Å². The Kier molecular flexibility index (Phi) is 2.28. The highest BCUT2D eigenvalue weighted by Crippen LogP contribution is 2.36. The van der Waals surface area contributed by atoms with Crippen molar-refractivity contribution in [1.82, 2.24) is 4.90 Å². The topological polar surface area (TPSA) is 29.3 Å². The van der Waals surface area contributed by atoms with E-state index in [1.165, 1.54) is 0 Å². The third-order valence-corrected chi connectivity index (χ3v) is 3.53. The Hall–Kier alpha value is -0.220. The first-order chi connectivity index (χ1) is 6.13. The quantitative estimate of drug-likeness (QED) is 0.670. The minimum Gasteiger partial charge on any atom is -0.320 e. The molecule has 2 aliphatic rings. The number of nitrogens with two attached hydrogens (primary N) is 1. The van der Waals surface area contributed by atoms with E-state index in [-0.39, 0.29) is 5.92 Å². The van der Waals surface area contributed by atoms with E-state index in [2.05, 4.69) is 4.90 Å². The van der Waals surface area contributed by atoms with Gasteiger partial charge in [0.05, 0.1) is 5.54 Å². The number of nitrogens with zero attached hydrogens (tertiary/aromatic N) is 1. The average Bonchev–Trinajstić information content (AvgIpc) is 2.13. The second-order valence-corrected chi connectivity index (χ2v) is 4.30. The number of piperidine rings is 2. The number of alkyl halides is 2. The van der Waals surface area contributed by atoms with E-state index >= 15 is 0 Å². The van der Waals surface area contributed by atoms with Crippen LogP contribution >= 0.6 is 0 Å². The minimum atomic E-state index is -2.36. The fraction of sp³-hybridized carbons (Fsp3) is 1.00. The van der Waals surface area contributed by atoms with Crippen LogP contribution in [0, 0.1) is 5.92 Å². The average molecular weight is 190 g/mol. The molecule has 2 saturated heterocycles. The van der Waals surface area contributed by atoms with E-state index < -0.39 is 12.0 Å². The zero-order valence-corrected chi connectivity index (χ0v) is 7.68. The zero-order valence-electron chi connectivity index (χ0n) is 7.68. The van der Waals surface area contributed by atoms with Gasteiger partial charge in [-0.2, -0.15) is 0 Å². The van der Waals surface area contributed by atoms with E-state index in [1.54, 1.807) is 0 Å². The molecule has 0 aromatic carbocycles. The predicted molar refractivity (Wildman–Crippen MR) is 46.7 cm³/mol. The van der Waals surface area contributed by atoms with Crippen molar-refractivity contribution < 1.29 is 8.78 Å². The van der Waals surface area contributed by atoms with Crippen LogP contribution in [0.4, 0.5) is 8.78 Å². The molecular weight excluding hydrogens is 174 g/mol. The van der Waals surface area contributed by atoms with E-state index in [4.69, 9.17) is 5.73 Å². The van der Waals surface area contributed by atoms with Crippen LogP contribution in [0.5, 0.6) is 0 Å². The van der Waals surface area contributed by atoms with E-state index in [9.17, 15) is 8.78 Å². The molecule has 2 fully saturated rings. The van der Waals surface area contributed by atoms with Gasteiger partial charge in [0.15, 0.2) is 0 Å². The molecule has 0 saturated carbocycles. The van der Waals surface area contributed by atoms with Crippen molar-refractivity contribution in [2.45, 2.75) is 31.2 Å². The lowest BCUT2D eigenvalue weighted by atomic mass is 9.74. The van der Waals surface area contributed by atoms with E-state index in [0.29, 0.717) is 6.42 Å². The third-order valence-electron chi connectivity index (χ3n) is 3.53. The molecule has 0 spiro atoms. The summed E-state index contributed by atoms with van der Waals surface area (Å²) >= 11 is 0. The smallest absolute Gasteiger partial charge is 0.256 e. The second kappa shape index (κ2) is 3.17. The number of rotatable bonds is 1. The van der Waals surface area contributed by atoms with Gasteiger partial charge < -0.3 is 10.6 Å². The Balaban J connectivity index is 2.12. The molecule has 0 aromatic rings. The summed E-state index contributed by atoms with van der Waals surface area (Å²) in [4.78, 5) is 2.25. The molecule has 2 bridgehead atoms. The lowest BCUT2D eigenvalue weighted by molar-refractivity contribution is -0.0447. The van der Waals surface area contributed by atoms with Gasteiger partial charge in [-0.1, -0.05) is 0 Å². The number of halogens is 2. The summed E-state index contributed by atoms with van der Waals surface area (Å²) in [6.07, 6.45) is -0.0130. The molecule has 4 heteroatoms. The first kappa shape index (κ1) is 9.34. The molecule has 13 heavy (non-hydrogen) atoms. The molecule has 2 heterocycles. The van der Waals surface area contributed by atoms with Crippen molar-refractivity contribution in [2.75, 3.05) is 19.6 Å². The number of hydrogen-bond donors (Lipinski definition) is 1. The molecule has 0 aromatic heterocycles. The molecular formula is C9H16F2N2. The highest BCUT2D eigenvalue weighted by molar-refractivity contribution is 5.00. The highest BCUT2D eigenvalue weighted by Gasteiger charge is 2.47. The van der Waals surface area contributed by atoms with Crippen molar-refractivity contribution in [3.8, 4) is 0 Å². The summed E-state index contributed by atoms with van der Waals surface area (Å²) in [6, 6.07) is 0. The normalized spacial score (nSPS) is 45.2. The largest absolute Gasteiger partial charge is 0.320 e. The van der Waals surface area contributed by atoms with Gasteiger partial charge in [-0.3, -0.25) is 0 Å². The van der Waals surface area contributed by atoms with Gasteiger partial charge >= 0.3 is 0 Å². The summed E-state index contributed by atoms with van der Waals surface area (Å²) in [5.41, 5.74) is 4.58. The second-order valence-electron chi connectivity index (χ2n) is 4.30. The highest BCUT2D eigenvalue weighted by atomic mass is 19.3. The molecule has 0 aliphatic carbocycles. The molecule has 2 nitrogen and oxygen atoms in total. The van der Waals surface area contributed by atoms with Crippen molar-refractivity contribution in [1.29, 1.82) is 0 Å². The maximum atomic E-state index is 12.7. The summed E-state index contributed by atoms with van der Waals surface area (Å²) in [5, 5.41) is 0. The van der Waals surface area contributed by atoms with Gasteiger partial charge in [-0.15, -0.1) is 0 Å². The molecule has 76 valence electrons. The lowest BCUT2D eigenvalue weighted by Crippen LogP contribution is -2.63. The molecule has 3 unspecified atom stereocenters. The van der Waals surface area contributed by atoms with E-state index in [0.717, 1.165) is 32.5 Å². The standard InChI is InChI=1S/C9H16F2N2/c10-8(11)9(12)3-5-13-4-1-2-7(9)6-13/h7-8H,1-6,12H2. The van der Waals surface area contributed by atoms with Gasteiger partial charge in [0.2, 0.25) is 0 Å². The van der Waals surface area contributed by atoms with Crippen LogP contribution in [0.1, 0.15) is 19.3 Å². The maximum absolute atomic E-state index is 12.7. The maximum Gasteiger partial charge on any atom is 0.256 e. The Morgan fingerprint density at radius 2 is 2.15 bits per heavy atom. The first-order valence-electron chi connectivity index (χ1n) is 4.92. The molecule has 3 atom stereocenters. The van der Waals surface area contributed by atoms with Crippen LogP contribution in [0.25, 0.3) is 0 Å². The van der Waals surface area contributed by atoms with Crippen LogP contribution in [0.2, 0.25) is 0 Å². The third kappa shape index (κ3) is 1.46. The van der Waals surface area contributed by atoms with E-state index in [1.807, 2.05) is 0 Å². The van der Waals surface area contributed by atoms with Gasteiger partial charge in [0.25, 0.3) is 6.43 Å². The predicted octanol–water partition coefficient (Wildman–Crippen LogP) is 1.06. The SMILES string of the molecule is NC1(C(F)F)CCN2CCCC1C2. The molecule has 2 N–H and O–H groups in total. The van der Waals surface area contributed by atoms with Gasteiger partial charge in [0.1, 0.15) is 0 Å². The van der Waals surface area contributed by atoms with Crippen LogP contribution in [0.3, 0.4) is 0 Å². The molecule has 2 aliphatic heterocycles. The Bertz CT molecular complexity index is 198. The van der Waals surface area contributed by atoms with Crippen molar-refractivity contribution in [3.05, 3.63) is 0 Å². The van der Waals surface area contributed by atoms with Crippen LogP contribution in [0.15, 0.2) is 0 Å². The molecule has 0 radical (unpaired) electrons. The lowest BCUT2D eigenvalue weighted by Gasteiger charge is -2.48. The van der Waals surface area contributed by atoms with Crippen molar-refractivity contribution in [3.63, 3.8) is 0 Å². The minimum absolute atomic E-state index is 0.00926. The zero-order chi connectivity index (χ0) is 9.47. The molecule has 2 rings (SSSR count). The summed E-state index contributed by atoms with van der Waals surface area (Å²) in [7, 11) is 0. The van der Waals surface area contributed by atoms with Crippen molar-refractivity contribution in [2.24, 2.45) is 11.7 Å². The van der Waals surface area contributed by atoms with Crippen molar-refractivity contribution >= 4 is 0 Å². The monoisotopic (exact) mass is 190 g/mol. The fourth-order valence-corrected chi connectivity index (χ4v) is 2.54. The molecule has 0 amide bonds. The fourth-order valence-electron chi connectivity index (χ4n) is 2.54. The van der Waals surface area contributed by atoms with Gasteiger partial charge in [-0.25, -0.2) is 8.78 Å². The number of hydrogen-bond acceptors (Lipinski definition) is 2. The van der Waals surface area contributed by atoms with Gasteiger partial charge in [-0.05, 0) is 31.7 Å². The first-order valence-corrected chi connectivity index (χ1v) is 4.92. The Morgan fingerprint density at radius 1 is 1.38 bits per heavy atom. The van der Waals surface area contributed by atoms with Crippen LogP contribution < -0.4 is 5.73 Å². The number of fused-ring (bicyclic) bond motifs is 2. The summed E-state index contributed by atoms with van der Waals surface area (Å²) in [5.74, 6) is 0.00926. The van der Waals surface area contributed by atoms with Crippen LogP contribution in [-0.4, -0.2) is 36.5 Å². The Morgan fingerprint density at radius 3 is 2.85 bits per heavy atom. The van der Waals surface area contributed by atoms with Crippen LogP contribution in [-0.2, 0) is 0 Å². The summed E-state index contributed by atoms with van der Waals surface area (Å²) < 4.78 is 25.5. The van der Waals surface area contributed by atoms with Gasteiger partial charge in [0, 0.05) is 13.1 Å². The summed E-state index contributed by atoms with van der Waals surface area (Å²) in [6.45, 7) is 2.59.